The van der Waals surface area contributed by atoms with E-state index in [0.29, 0.717) is 32.9 Å². The maximum absolute atomic E-state index is 12.2. The maximum atomic E-state index is 12.2. The van der Waals surface area contributed by atoms with Gasteiger partial charge in [-0.25, -0.2) is 9.59 Å². The minimum atomic E-state index is -0.480. The number of rotatable bonds is 3. The van der Waals surface area contributed by atoms with Crippen LogP contribution in [-0.2, 0) is 0 Å². The van der Waals surface area contributed by atoms with E-state index in [2.05, 4.69) is 0 Å². The van der Waals surface area contributed by atoms with Crippen LogP contribution in [-0.4, -0.2) is 5.97 Å². The highest BCUT2D eigenvalue weighted by molar-refractivity contribution is 7.12. The third kappa shape index (κ3) is 2.90. The van der Waals surface area contributed by atoms with Crippen molar-refractivity contribution in [3.63, 3.8) is 0 Å². The fourth-order valence-electron chi connectivity index (χ4n) is 3.08. The molecule has 0 aliphatic heterocycles. The molecule has 6 heteroatoms. The van der Waals surface area contributed by atoms with Crippen LogP contribution in [0.4, 0.5) is 0 Å². The molecule has 0 unspecified atom stereocenters. The van der Waals surface area contributed by atoms with E-state index in [9.17, 15) is 9.59 Å². The number of hydrogen-bond donors (Lipinski definition) is 0. The standard InChI is InChI=1S/C22H12O5S/c23-21-12-16(19-10-13-4-1-2-5-17(13)26-19)15-11-14(7-8-18(15)27-21)25-22(24)20-6-3-9-28-20/h1-12H. The second-order valence-corrected chi connectivity index (χ2v) is 7.10. The topological polar surface area (TPSA) is 69.7 Å². The first-order valence-electron chi connectivity index (χ1n) is 8.50. The van der Waals surface area contributed by atoms with Crippen molar-refractivity contribution in [1.82, 2.24) is 0 Å². The molecule has 3 heterocycles. The van der Waals surface area contributed by atoms with Gasteiger partial charge in [0.2, 0.25) is 0 Å². The molecule has 5 rings (SSSR count). The lowest BCUT2D eigenvalue weighted by Crippen LogP contribution is -2.06. The second kappa shape index (κ2) is 6.51. The van der Waals surface area contributed by atoms with Gasteiger partial charge < -0.3 is 13.6 Å². The predicted molar refractivity (Wildman–Crippen MR) is 107 cm³/mol. The smallest absolute Gasteiger partial charge is 0.353 e. The molecular weight excluding hydrogens is 376 g/mol. The SMILES string of the molecule is O=C(Oc1ccc2oc(=O)cc(-c3cc4ccccc4o3)c2c1)c1cccs1. The number of carbonyl (C=O) groups excluding carboxylic acids is 1. The van der Waals surface area contributed by atoms with E-state index in [1.54, 1.807) is 30.3 Å². The Labute approximate surface area is 162 Å². The second-order valence-electron chi connectivity index (χ2n) is 6.15. The summed E-state index contributed by atoms with van der Waals surface area (Å²) in [4.78, 5) is 24.8. The summed E-state index contributed by atoms with van der Waals surface area (Å²) < 4.78 is 16.7. The quantitative estimate of drug-likeness (QED) is 0.232. The molecule has 0 fully saturated rings. The largest absolute Gasteiger partial charge is 0.456 e. The highest BCUT2D eigenvalue weighted by atomic mass is 32.1. The Morgan fingerprint density at radius 3 is 2.61 bits per heavy atom. The van der Waals surface area contributed by atoms with Crippen molar-refractivity contribution in [2.75, 3.05) is 0 Å². The number of benzene rings is 2. The van der Waals surface area contributed by atoms with Gasteiger partial charge in [0.15, 0.2) is 0 Å². The highest BCUT2D eigenvalue weighted by Gasteiger charge is 2.15. The minimum Gasteiger partial charge on any atom is -0.456 e. The number of esters is 1. The van der Waals surface area contributed by atoms with E-state index < -0.39 is 11.6 Å². The number of thiophene rings is 1. The molecule has 0 atom stereocenters. The van der Waals surface area contributed by atoms with Crippen molar-refractivity contribution in [2.45, 2.75) is 0 Å². The summed E-state index contributed by atoms with van der Waals surface area (Å²) in [6, 6.07) is 19.2. The van der Waals surface area contributed by atoms with Gasteiger partial charge in [-0.05, 0) is 41.8 Å². The summed E-state index contributed by atoms with van der Waals surface area (Å²) in [5, 5.41) is 3.36. The number of hydrogen-bond acceptors (Lipinski definition) is 6. The monoisotopic (exact) mass is 388 g/mol. The minimum absolute atomic E-state index is 0.358. The van der Waals surface area contributed by atoms with E-state index >= 15 is 0 Å². The van der Waals surface area contributed by atoms with Crippen LogP contribution in [0.2, 0.25) is 0 Å². The average molecular weight is 388 g/mol. The molecule has 0 amide bonds. The fraction of sp³-hybridized carbons (Fsp3) is 0. The average Bonchev–Trinajstić information content (AvgIpc) is 3.37. The van der Waals surface area contributed by atoms with Crippen LogP contribution in [0.15, 0.2) is 85.7 Å². The maximum Gasteiger partial charge on any atom is 0.353 e. The fourth-order valence-corrected chi connectivity index (χ4v) is 3.67. The molecule has 2 aromatic carbocycles. The Bertz CT molecular complexity index is 1340. The van der Waals surface area contributed by atoms with Crippen molar-refractivity contribution < 1.29 is 18.4 Å². The first-order valence-corrected chi connectivity index (χ1v) is 9.38. The van der Waals surface area contributed by atoms with E-state index in [1.165, 1.54) is 17.4 Å². The van der Waals surface area contributed by atoms with Gasteiger partial charge in [-0.2, -0.15) is 0 Å². The molecule has 5 nitrogen and oxygen atoms in total. The molecule has 0 saturated heterocycles. The number of para-hydroxylation sites is 1. The van der Waals surface area contributed by atoms with Crippen LogP contribution < -0.4 is 10.4 Å². The van der Waals surface area contributed by atoms with Gasteiger partial charge in [0, 0.05) is 22.4 Å². The van der Waals surface area contributed by atoms with Crippen LogP contribution in [0, 0.1) is 0 Å². The first kappa shape index (κ1) is 16.5. The van der Waals surface area contributed by atoms with Crippen molar-refractivity contribution in [3.8, 4) is 17.1 Å². The normalized spacial score (nSPS) is 11.1. The molecule has 5 aromatic rings. The molecule has 0 saturated carbocycles. The Morgan fingerprint density at radius 2 is 1.79 bits per heavy atom. The molecule has 28 heavy (non-hydrogen) atoms. The molecular formula is C22H12O5S. The number of furan rings is 1. The Balaban J connectivity index is 1.63. The Hall–Kier alpha value is -3.64. The summed E-state index contributed by atoms with van der Waals surface area (Å²) in [6.07, 6.45) is 0. The summed E-state index contributed by atoms with van der Waals surface area (Å²) in [5.41, 5.74) is 1.21. The third-order valence-corrected chi connectivity index (χ3v) is 5.19. The van der Waals surface area contributed by atoms with Gasteiger partial charge in [0.1, 0.15) is 27.6 Å². The lowest BCUT2D eigenvalue weighted by molar-refractivity contribution is 0.0740. The van der Waals surface area contributed by atoms with E-state index in [-0.39, 0.29) is 0 Å². The van der Waals surface area contributed by atoms with Crippen molar-refractivity contribution in [1.29, 1.82) is 0 Å². The highest BCUT2D eigenvalue weighted by Crippen LogP contribution is 2.33. The van der Waals surface area contributed by atoms with Gasteiger partial charge in [-0.15, -0.1) is 11.3 Å². The predicted octanol–water partition coefficient (Wildman–Crippen LogP) is 5.49. The number of ether oxygens (including phenoxy) is 1. The summed E-state index contributed by atoms with van der Waals surface area (Å²) in [7, 11) is 0. The van der Waals surface area contributed by atoms with Gasteiger partial charge in [0.25, 0.3) is 0 Å². The zero-order valence-corrected chi connectivity index (χ0v) is 15.2. The van der Waals surface area contributed by atoms with Gasteiger partial charge in [-0.3, -0.25) is 0 Å². The first-order chi connectivity index (χ1) is 13.7. The Morgan fingerprint density at radius 1 is 0.893 bits per heavy atom. The molecule has 0 aliphatic rings. The lowest BCUT2D eigenvalue weighted by Gasteiger charge is -2.06. The molecule has 0 aliphatic carbocycles. The van der Waals surface area contributed by atoms with Crippen LogP contribution in [0.3, 0.4) is 0 Å². The van der Waals surface area contributed by atoms with Crippen molar-refractivity contribution in [3.05, 3.63) is 87.4 Å². The zero-order chi connectivity index (χ0) is 19.1. The van der Waals surface area contributed by atoms with Crippen LogP contribution >= 0.6 is 11.3 Å². The lowest BCUT2D eigenvalue weighted by atomic mass is 10.1. The number of carbonyl (C=O) groups is 1. The zero-order valence-electron chi connectivity index (χ0n) is 14.4. The van der Waals surface area contributed by atoms with E-state index in [0.717, 1.165) is 11.0 Å². The molecule has 0 radical (unpaired) electrons. The van der Waals surface area contributed by atoms with Crippen molar-refractivity contribution >= 4 is 39.2 Å². The van der Waals surface area contributed by atoms with Crippen molar-refractivity contribution in [2.24, 2.45) is 0 Å². The van der Waals surface area contributed by atoms with Gasteiger partial charge in [-0.1, -0.05) is 24.3 Å². The van der Waals surface area contributed by atoms with Crippen LogP contribution in [0.1, 0.15) is 9.67 Å². The van der Waals surface area contributed by atoms with Gasteiger partial charge in [0.05, 0.1) is 0 Å². The molecule has 0 spiro atoms. The molecule has 0 N–H and O–H groups in total. The summed E-state index contributed by atoms with van der Waals surface area (Å²) >= 11 is 1.31. The van der Waals surface area contributed by atoms with Crippen LogP contribution in [0.25, 0.3) is 33.3 Å². The molecule has 3 aromatic heterocycles. The Kier molecular flexibility index (Phi) is 3.84. The molecule has 0 bridgehead atoms. The summed E-state index contributed by atoms with van der Waals surface area (Å²) in [6.45, 7) is 0. The van der Waals surface area contributed by atoms with E-state index in [4.69, 9.17) is 13.6 Å². The number of fused-ring (bicyclic) bond motifs is 2. The van der Waals surface area contributed by atoms with Gasteiger partial charge >= 0.3 is 11.6 Å². The van der Waals surface area contributed by atoms with E-state index in [1.807, 2.05) is 35.7 Å². The molecule has 136 valence electrons. The van der Waals surface area contributed by atoms with Crippen LogP contribution in [0.5, 0.6) is 5.75 Å². The third-order valence-electron chi connectivity index (χ3n) is 4.34. The summed E-state index contributed by atoms with van der Waals surface area (Å²) in [5.74, 6) is 0.468.